The van der Waals surface area contributed by atoms with Gasteiger partial charge in [-0.3, -0.25) is 0 Å². The lowest BCUT2D eigenvalue weighted by Crippen LogP contribution is -2.34. The van der Waals surface area contributed by atoms with Gasteiger partial charge in [0.25, 0.3) is 0 Å². The molecule has 0 N–H and O–H groups in total. The molecule has 5 heteroatoms. The molecule has 57 heavy (non-hydrogen) atoms. The molecule has 1 aromatic rings. The number of allylic oxidation sites excluding steroid dienone is 8. The molecule has 2 fully saturated rings. The SMILES string of the molecule is CCCCC/C=C\C/C=C\CCCCCCCCC1(CCCCCCCC/C=C\C/C=C\CCCCC)O[C@H]2C[C@@H](CN(C)C(=O)OCc3ccccc3)C[C@H]2O1. The van der Waals surface area contributed by atoms with Crippen molar-refractivity contribution in [2.45, 2.75) is 218 Å². The van der Waals surface area contributed by atoms with Crippen LogP contribution in [0.4, 0.5) is 4.79 Å². The number of benzene rings is 1. The first kappa shape index (κ1) is 48.7. The van der Waals surface area contributed by atoms with Crippen LogP contribution in [0.1, 0.15) is 199 Å². The Hall–Kier alpha value is -2.63. The number of hydrogen-bond donors (Lipinski definition) is 0. The van der Waals surface area contributed by atoms with Gasteiger partial charge in [0, 0.05) is 26.4 Å². The highest BCUT2D eigenvalue weighted by Crippen LogP contribution is 2.45. The second-order valence-corrected chi connectivity index (χ2v) is 17.2. The van der Waals surface area contributed by atoms with Crippen molar-refractivity contribution in [3.05, 3.63) is 84.5 Å². The lowest BCUT2D eigenvalue weighted by atomic mass is 9.98. The lowest BCUT2D eigenvalue weighted by Gasteiger charge is -2.30. The molecule has 2 aliphatic rings. The van der Waals surface area contributed by atoms with Gasteiger partial charge in [-0.1, -0.05) is 170 Å². The summed E-state index contributed by atoms with van der Waals surface area (Å²) in [6, 6.07) is 9.89. The fourth-order valence-electron chi connectivity index (χ4n) is 8.45. The van der Waals surface area contributed by atoms with E-state index >= 15 is 0 Å². The van der Waals surface area contributed by atoms with E-state index in [0.29, 0.717) is 19.1 Å². The summed E-state index contributed by atoms with van der Waals surface area (Å²) in [5.41, 5.74) is 1.01. The predicted octanol–water partition coefficient (Wildman–Crippen LogP) is 15.6. The van der Waals surface area contributed by atoms with Crippen LogP contribution in [0.3, 0.4) is 0 Å². The van der Waals surface area contributed by atoms with Crippen LogP contribution in [-0.4, -0.2) is 42.6 Å². The highest BCUT2D eigenvalue weighted by atomic mass is 16.8. The van der Waals surface area contributed by atoms with Gasteiger partial charge in [-0.05, 0) is 101 Å². The Balaban J connectivity index is 1.33. The van der Waals surface area contributed by atoms with Gasteiger partial charge in [-0.25, -0.2) is 4.79 Å². The highest BCUT2D eigenvalue weighted by Gasteiger charge is 2.51. The topological polar surface area (TPSA) is 48.0 Å². The summed E-state index contributed by atoms with van der Waals surface area (Å²) in [6.07, 6.45) is 53.0. The zero-order chi connectivity index (χ0) is 40.5. The molecule has 1 saturated carbocycles. The van der Waals surface area contributed by atoms with Crippen molar-refractivity contribution < 1.29 is 19.0 Å². The molecule has 5 nitrogen and oxygen atoms in total. The van der Waals surface area contributed by atoms with E-state index in [4.69, 9.17) is 14.2 Å². The number of ether oxygens (including phenoxy) is 3. The van der Waals surface area contributed by atoms with Gasteiger partial charge in [0.2, 0.25) is 0 Å². The quantitative estimate of drug-likeness (QED) is 0.0516. The highest BCUT2D eigenvalue weighted by molar-refractivity contribution is 5.67. The van der Waals surface area contributed by atoms with Gasteiger partial charge in [-0.2, -0.15) is 0 Å². The van der Waals surface area contributed by atoms with Crippen LogP contribution in [0.5, 0.6) is 0 Å². The fraction of sp³-hybridized carbons (Fsp3) is 0.712. The Labute approximate surface area is 351 Å². The molecule has 1 aliphatic heterocycles. The van der Waals surface area contributed by atoms with Crippen LogP contribution in [-0.2, 0) is 20.8 Å². The summed E-state index contributed by atoms with van der Waals surface area (Å²) in [5.74, 6) is -0.0540. The largest absolute Gasteiger partial charge is 0.445 e. The lowest BCUT2D eigenvalue weighted by molar-refractivity contribution is -0.193. The maximum absolute atomic E-state index is 12.7. The Morgan fingerprint density at radius 1 is 0.614 bits per heavy atom. The van der Waals surface area contributed by atoms with Crippen LogP contribution >= 0.6 is 0 Å². The predicted molar refractivity (Wildman–Crippen MR) is 242 cm³/mol. The molecule has 1 aliphatic carbocycles. The standard InChI is InChI=1S/C52H85NO4/c1-4-6-8-10-12-14-16-18-20-22-24-26-28-30-32-37-41-52(42-38-33-31-29-27-25-23-21-19-17-15-13-11-9-7-5-2)56-49-43-48(44-50(49)57-52)45-53(3)51(54)55-46-47-39-35-34-36-40-47/h12-15,18-21,34-36,39-40,48-50H,4-11,16-17,22-33,37-38,41-46H2,1-3H3/b14-12-,15-13-,20-18-,21-19-/t48-,49+,50-. The Morgan fingerprint density at radius 3 is 1.49 bits per heavy atom. The first-order valence-corrected chi connectivity index (χ1v) is 23.9. The molecule has 0 radical (unpaired) electrons. The number of amides is 1. The molecule has 0 unspecified atom stereocenters. The second kappa shape index (κ2) is 32.2. The molecule has 1 amide bonds. The summed E-state index contributed by atoms with van der Waals surface area (Å²) < 4.78 is 19.4. The zero-order valence-electron chi connectivity index (χ0n) is 37.0. The molecule has 0 bridgehead atoms. The minimum atomic E-state index is -0.425. The minimum absolute atomic E-state index is 0.137. The minimum Gasteiger partial charge on any atom is -0.445 e. The van der Waals surface area contributed by atoms with E-state index in [0.717, 1.165) is 44.1 Å². The van der Waals surface area contributed by atoms with Crippen molar-refractivity contribution in [1.29, 1.82) is 0 Å². The van der Waals surface area contributed by atoms with Gasteiger partial charge >= 0.3 is 6.09 Å². The van der Waals surface area contributed by atoms with Crippen molar-refractivity contribution in [1.82, 2.24) is 4.90 Å². The molecular weight excluding hydrogens is 703 g/mol. The normalized spacial score (nSPS) is 19.2. The average Bonchev–Trinajstić information content (AvgIpc) is 3.75. The van der Waals surface area contributed by atoms with E-state index in [2.05, 4.69) is 62.5 Å². The van der Waals surface area contributed by atoms with Gasteiger partial charge in [-0.15, -0.1) is 0 Å². The summed E-state index contributed by atoms with van der Waals surface area (Å²) >= 11 is 0. The van der Waals surface area contributed by atoms with Crippen LogP contribution < -0.4 is 0 Å². The summed E-state index contributed by atoms with van der Waals surface area (Å²) in [4.78, 5) is 14.5. The Kier molecular flexibility index (Phi) is 27.6. The van der Waals surface area contributed by atoms with E-state index in [-0.39, 0.29) is 18.3 Å². The molecule has 322 valence electrons. The third kappa shape index (κ3) is 22.9. The van der Waals surface area contributed by atoms with E-state index in [1.807, 2.05) is 37.4 Å². The van der Waals surface area contributed by atoms with Crippen LogP contribution in [0, 0.1) is 5.92 Å². The van der Waals surface area contributed by atoms with Gasteiger partial charge in [0.1, 0.15) is 6.61 Å². The number of carbonyl (C=O) groups excluding carboxylic acids is 1. The van der Waals surface area contributed by atoms with E-state index < -0.39 is 5.79 Å². The van der Waals surface area contributed by atoms with Crippen LogP contribution in [0.15, 0.2) is 78.9 Å². The maximum Gasteiger partial charge on any atom is 0.409 e. The summed E-state index contributed by atoms with van der Waals surface area (Å²) in [6.45, 7) is 5.51. The Bertz CT molecular complexity index is 1170. The van der Waals surface area contributed by atoms with Crippen molar-refractivity contribution in [2.75, 3.05) is 13.6 Å². The first-order chi connectivity index (χ1) is 28.0. The van der Waals surface area contributed by atoms with E-state index in [9.17, 15) is 4.79 Å². The van der Waals surface area contributed by atoms with Crippen LogP contribution in [0.2, 0.25) is 0 Å². The summed E-state index contributed by atoms with van der Waals surface area (Å²) in [5, 5.41) is 0. The maximum atomic E-state index is 12.7. The molecule has 3 atom stereocenters. The van der Waals surface area contributed by atoms with E-state index in [1.54, 1.807) is 4.90 Å². The third-order valence-electron chi connectivity index (χ3n) is 11.8. The smallest absolute Gasteiger partial charge is 0.409 e. The Morgan fingerprint density at radius 2 is 1.04 bits per heavy atom. The van der Waals surface area contributed by atoms with Crippen molar-refractivity contribution in [3.63, 3.8) is 0 Å². The fourth-order valence-corrected chi connectivity index (χ4v) is 8.45. The van der Waals surface area contributed by atoms with Crippen molar-refractivity contribution in [2.24, 2.45) is 5.92 Å². The van der Waals surface area contributed by atoms with Gasteiger partial charge < -0.3 is 19.1 Å². The molecule has 0 spiro atoms. The number of carbonyl (C=O) groups is 1. The molecular formula is C52H85NO4. The second-order valence-electron chi connectivity index (χ2n) is 17.2. The third-order valence-corrected chi connectivity index (χ3v) is 11.8. The molecule has 1 heterocycles. The molecule has 1 aromatic carbocycles. The average molecular weight is 788 g/mol. The number of hydrogen-bond acceptors (Lipinski definition) is 4. The summed E-state index contributed by atoms with van der Waals surface area (Å²) in [7, 11) is 1.85. The number of fused-ring (bicyclic) bond motifs is 1. The van der Waals surface area contributed by atoms with E-state index in [1.165, 1.54) is 141 Å². The van der Waals surface area contributed by atoms with Crippen molar-refractivity contribution >= 4 is 6.09 Å². The molecule has 0 aromatic heterocycles. The first-order valence-electron chi connectivity index (χ1n) is 23.9. The van der Waals surface area contributed by atoms with Crippen molar-refractivity contribution in [3.8, 4) is 0 Å². The molecule has 3 rings (SSSR count). The van der Waals surface area contributed by atoms with Crippen LogP contribution in [0.25, 0.3) is 0 Å². The molecule has 1 saturated heterocycles. The van der Waals surface area contributed by atoms with Gasteiger partial charge in [0.05, 0.1) is 12.2 Å². The van der Waals surface area contributed by atoms with Gasteiger partial charge in [0.15, 0.2) is 5.79 Å². The number of nitrogens with zero attached hydrogens (tertiary/aromatic N) is 1. The monoisotopic (exact) mass is 788 g/mol. The number of unbranched alkanes of at least 4 members (excludes halogenated alkanes) is 18. The number of rotatable bonds is 34. The zero-order valence-corrected chi connectivity index (χ0v) is 37.0.